The van der Waals surface area contributed by atoms with Gasteiger partial charge in [-0.1, -0.05) is 0 Å². The number of phenols is 1. The summed E-state index contributed by atoms with van der Waals surface area (Å²) in [6.07, 6.45) is 3.02. The highest BCUT2D eigenvalue weighted by atomic mass is 19.1. The number of fused-ring (bicyclic) bond motifs is 1. The van der Waals surface area contributed by atoms with Gasteiger partial charge >= 0.3 is 0 Å². The summed E-state index contributed by atoms with van der Waals surface area (Å²) >= 11 is 0. The van der Waals surface area contributed by atoms with Gasteiger partial charge in [-0.05, 0) is 25.1 Å². The number of hydrogen-bond donors (Lipinski definition) is 1. The van der Waals surface area contributed by atoms with Crippen molar-refractivity contribution in [3.63, 3.8) is 0 Å². The molecular formula is C14H16FNO4. The zero-order valence-corrected chi connectivity index (χ0v) is 11.3. The minimum absolute atomic E-state index is 0.0157. The van der Waals surface area contributed by atoms with Gasteiger partial charge in [-0.25, -0.2) is 4.39 Å². The maximum atomic E-state index is 13.3. The maximum absolute atomic E-state index is 13.3. The van der Waals surface area contributed by atoms with Crippen LogP contribution in [-0.2, 0) is 20.9 Å². The summed E-state index contributed by atoms with van der Waals surface area (Å²) in [4.78, 5) is 21.7. The Morgan fingerprint density at radius 1 is 1.55 bits per heavy atom. The van der Waals surface area contributed by atoms with Crippen LogP contribution in [0.3, 0.4) is 0 Å². The van der Waals surface area contributed by atoms with Gasteiger partial charge < -0.3 is 14.7 Å². The molecule has 0 aliphatic carbocycles. The van der Waals surface area contributed by atoms with E-state index in [0.717, 1.165) is 0 Å². The number of aromatic hydroxyl groups is 1. The molecule has 1 aliphatic heterocycles. The fourth-order valence-electron chi connectivity index (χ4n) is 1.64. The zero-order chi connectivity index (χ0) is 15.1. The summed E-state index contributed by atoms with van der Waals surface area (Å²) in [5.74, 6) is -0.509. The molecular weight excluding hydrogens is 265 g/mol. The van der Waals surface area contributed by atoms with Crippen LogP contribution in [0.5, 0.6) is 5.75 Å². The van der Waals surface area contributed by atoms with Crippen molar-refractivity contribution in [1.29, 1.82) is 0 Å². The number of rotatable bonds is 2. The molecule has 0 bridgehead atoms. The topological polar surface area (TPSA) is 66.8 Å². The highest BCUT2D eigenvalue weighted by molar-refractivity contribution is 5.77. The Labute approximate surface area is 116 Å². The first kappa shape index (κ1) is 15.7. The van der Waals surface area contributed by atoms with E-state index in [1.54, 1.807) is 6.92 Å². The van der Waals surface area contributed by atoms with Crippen LogP contribution in [-0.4, -0.2) is 29.0 Å². The Balaban J connectivity index is 0.000000347. The summed E-state index contributed by atoms with van der Waals surface area (Å²) in [5, 5.41) is 9.54. The molecule has 0 fully saturated rings. The minimum Gasteiger partial charge on any atom is -0.508 e. The lowest BCUT2D eigenvalue weighted by atomic mass is 10.0. The molecule has 0 atom stereocenters. The van der Waals surface area contributed by atoms with Crippen molar-refractivity contribution in [1.82, 2.24) is 4.90 Å². The van der Waals surface area contributed by atoms with Crippen molar-refractivity contribution in [2.45, 2.75) is 20.4 Å². The quantitative estimate of drug-likeness (QED) is 0.842. The van der Waals surface area contributed by atoms with Gasteiger partial charge in [0.05, 0.1) is 13.2 Å². The molecule has 0 aromatic heterocycles. The molecule has 0 saturated carbocycles. The van der Waals surface area contributed by atoms with Crippen molar-refractivity contribution in [2.75, 3.05) is 6.61 Å². The third kappa shape index (κ3) is 3.81. The van der Waals surface area contributed by atoms with Crippen LogP contribution < -0.4 is 0 Å². The smallest absolute Gasteiger partial charge is 0.293 e. The van der Waals surface area contributed by atoms with Crippen LogP contribution in [0, 0.1) is 5.82 Å². The van der Waals surface area contributed by atoms with Gasteiger partial charge in [0.15, 0.2) is 0 Å². The average Bonchev–Trinajstić information content (AvgIpc) is 2.44. The number of benzene rings is 1. The number of ether oxygens (including phenoxy) is 1. The average molecular weight is 281 g/mol. The van der Waals surface area contributed by atoms with Gasteiger partial charge in [-0.15, -0.1) is 0 Å². The second-order valence-electron chi connectivity index (χ2n) is 3.97. The number of phenolic OH excluding ortho intramolecular Hbond substituents is 1. The summed E-state index contributed by atoms with van der Waals surface area (Å²) in [6.45, 7) is 4.30. The molecule has 5 nitrogen and oxygen atoms in total. The third-order valence-electron chi connectivity index (χ3n) is 2.67. The molecule has 2 rings (SSSR count). The highest BCUT2D eigenvalue weighted by Gasteiger charge is 2.19. The Hall–Kier alpha value is -2.37. The molecule has 0 saturated heterocycles. The minimum atomic E-state index is -0.387. The van der Waals surface area contributed by atoms with Crippen LogP contribution in [0.15, 0.2) is 18.3 Å². The van der Waals surface area contributed by atoms with Gasteiger partial charge in [0.2, 0.25) is 5.91 Å². The van der Waals surface area contributed by atoms with Gasteiger partial charge in [0.25, 0.3) is 6.47 Å². The first-order chi connectivity index (χ1) is 9.51. The van der Waals surface area contributed by atoms with Crippen molar-refractivity contribution < 1.29 is 23.8 Å². The van der Waals surface area contributed by atoms with Crippen LogP contribution in [0.2, 0.25) is 0 Å². The predicted molar refractivity (Wildman–Crippen MR) is 71.0 cm³/mol. The lowest BCUT2D eigenvalue weighted by molar-refractivity contribution is -0.128. The molecule has 1 aliphatic rings. The molecule has 6 heteroatoms. The lowest BCUT2D eigenvalue weighted by Crippen LogP contribution is -2.25. The largest absolute Gasteiger partial charge is 0.508 e. The Bertz CT molecular complexity index is 528. The van der Waals surface area contributed by atoms with Crippen LogP contribution >= 0.6 is 0 Å². The number of hydrogen-bond acceptors (Lipinski definition) is 4. The van der Waals surface area contributed by atoms with E-state index in [1.807, 2.05) is 0 Å². The molecule has 1 aromatic carbocycles. The van der Waals surface area contributed by atoms with E-state index >= 15 is 0 Å². The molecule has 108 valence electrons. The first-order valence-corrected chi connectivity index (χ1v) is 6.02. The fraction of sp³-hybridized carbons (Fsp3) is 0.286. The van der Waals surface area contributed by atoms with E-state index < -0.39 is 0 Å². The van der Waals surface area contributed by atoms with Crippen LogP contribution in [0.1, 0.15) is 25.0 Å². The van der Waals surface area contributed by atoms with Gasteiger partial charge in [0.1, 0.15) is 11.6 Å². The van der Waals surface area contributed by atoms with Crippen molar-refractivity contribution in [3.8, 4) is 5.75 Å². The molecule has 1 aromatic rings. The van der Waals surface area contributed by atoms with E-state index in [0.29, 0.717) is 24.2 Å². The highest BCUT2D eigenvalue weighted by Crippen LogP contribution is 2.29. The van der Waals surface area contributed by atoms with Gasteiger partial charge in [-0.2, -0.15) is 0 Å². The molecule has 1 heterocycles. The van der Waals surface area contributed by atoms with E-state index in [-0.39, 0.29) is 24.0 Å². The number of nitrogens with zero attached hydrogens (tertiary/aromatic N) is 1. The van der Waals surface area contributed by atoms with Gasteiger partial charge in [-0.3, -0.25) is 9.59 Å². The standard InChI is InChI=1S/C11H10FNO2.C3H6O2/c1-7(14)13-5-4-8-9(6-13)11(15)3-2-10(8)12;1-2-5-3-4/h2-5,15H,6H2,1H3;3H,2H2,1H3. The number of halogens is 1. The molecule has 1 N–H and O–H groups in total. The Morgan fingerprint density at radius 3 is 2.75 bits per heavy atom. The van der Waals surface area contributed by atoms with Crippen molar-refractivity contribution >= 4 is 18.5 Å². The summed E-state index contributed by atoms with van der Waals surface area (Å²) in [6, 6.07) is 2.51. The summed E-state index contributed by atoms with van der Waals surface area (Å²) < 4.78 is 17.5. The van der Waals surface area contributed by atoms with Crippen molar-refractivity contribution in [2.24, 2.45) is 0 Å². The first-order valence-electron chi connectivity index (χ1n) is 6.02. The summed E-state index contributed by atoms with van der Waals surface area (Å²) in [7, 11) is 0. The zero-order valence-electron chi connectivity index (χ0n) is 11.3. The van der Waals surface area contributed by atoms with Crippen LogP contribution in [0.4, 0.5) is 4.39 Å². The maximum Gasteiger partial charge on any atom is 0.293 e. The molecule has 1 amide bonds. The molecule has 0 unspecified atom stereocenters. The number of amides is 1. The van der Waals surface area contributed by atoms with Crippen LogP contribution in [0.25, 0.3) is 6.08 Å². The van der Waals surface area contributed by atoms with E-state index in [1.165, 1.54) is 36.2 Å². The number of carbonyl (C=O) groups excluding carboxylic acids is 2. The van der Waals surface area contributed by atoms with E-state index in [4.69, 9.17) is 0 Å². The second kappa shape index (κ2) is 7.28. The molecule has 0 spiro atoms. The lowest BCUT2D eigenvalue weighted by Gasteiger charge is -2.23. The second-order valence-corrected chi connectivity index (χ2v) is 3.97. The third-order valence-corrected chi connectivity index (χ3v) is 2.67. The van der Waals surface area contributed by atoms with Crippen molar-refractivity contribution in [3.05, 3.63) is 35.3 Å². The predicted octanol–water partition coefficient (Wildman–Crippen LogP) is 2.04. The summed E-state index contributed by atoms with van der Waals surface area (Å²) in [5.41, 5.74) is 0.806. The monoisotopic (exact) mass is 281 g/mol. The fourth-order valence-corrected chi connectivity index (χ4v) is 1.64. The molecule has 20 heavy (non-hydrogen) atoms. The van der Waals surface area contributed by atoms with E-state index in [2.05, 4.69) is 4.74 Å². The Kier molecular flexibility index (Phi) is 5.71. The number of carbonyl (C=O) groups is 2. The van der Waals surface area contributed by atoms with E-state index in [9.17, 15) is 19.1 Å². The Morgan fingerprint density at radius 2 is 2.25 bits per heavy atom. The molecule has 0 radical (unpaired) electrons. The van der Waals surface area contributed by atoms with Gasteiger partial charge in [0, 0.05) is 24.3 Å². The SMILES string of the molecule is CC(=O)N1C=Cc2c(F)ccc(O)c2C1.CCOC=O. The normalized spacial score (nSPS) is 12.1.